The lowest BCUT2D eigenvalue weighted by atomic mass is 10.1. The number of rotatable bonds is 4. The van der Waals surface area contributed by atoms with Crippen LogP contribution in [0.1, 0.15) is 18.2 Å². The number of Topliss-reactive ketones (excluding diaryl/α,β-unsaturated/α-hetero) is 1. The van der Waals surface area contributed by atoms with Gasteiger partial charge in [-0.3, -0.25) is 9.59 Å². The molecule has 0 spiro atoms. The van der Waals surface area contributed by atoms with E-state index in [1.165, 1.54) is 13.0 Å². The van der Waals surface area contributed by atoms with Crippen LogP contribution < -0.4 is 5.56 Å². The topological polar surface area (TPSA) is 53.2 Å². The van der Waals surface area contributed by atoms with Crippen LogP contribution in [0.4, 0.5) is 0 Å². The van der Waals surface area contributed by atoms with E-state index in [1.54, 1.807) is 12.1 Å². The van der Waals surface area contributed by atoms with Gasteiger partial charge in [0.25, 0.3) is 0 Å². The van der Waals surface area contributed by atoms with Gasteiger partial charge in [-0.2, -0.15) is 0 Å². The molecule has 0 saturated heterocycles. The third kappa shape index (κ3) is 3.73. The third-order valence-corrected chi connectivity index (χ3v) is 2.02. The Morgan fingerprint density at radius 3 is 2.69 bits per heavy atom. The summed E-state index contributed by atoms with van der Waals surface area (Å²) in [5.41, 5.74) is 1.37. The molecule has 0 aliphatic heterocycles. The molecular weight excluding hydrogens is 204 g/mol. The van der Waals surface area contributed by atoms with E-state index in [9.17, 15) is 9.59 Å². The van der Waals surface area contributed by atoms with E-state index in [0.717, 1.165) is 5.56 Å². The van der Waals surface area contributed by atoms with Crippen molar-refractivity contribution < 1.29 is 4.79 Å². The SMILES string of the molecule is CC(=O)Cc1ccc(=O)[nH]c1C=CN(C)C. The molecule has 0 amide bonds. The van der Waals surface area contributed by atoms with Crippen molar-refractivity contribution in [2.24, 2.45) is 0 Å². The van der Waals surface area contributed by atoms with Crippen LogP contribution in [0.5, 0.6) is 0 Å². The van der Waals surface area contributed by atoms with Crippen molar-refractivity contribution in [3.05, 3.63) is 39.9 Å². The van der Waals surface area contributed by atoms with Crippen LogP contribution in [0.3, 0.4) is 0 Å². The molecule has 0 bridgehead atoms. The second kappa shape index (κ2) is 5.30. The van der Waals surface area contributed by atoms with E-state index in [2.05, 4.69) is 4.98 Å². The number of pyridine rings is 1. The summed E-state index contributed by atoms with van der Waals surface area (Å²) in [6, 6.07) is 3.13. The van der Waals surface area contributed by atoms with Crippen LogP contribution in [-0.2, 0) is 11.2 Å². The molecule has 4 heteroatoms. The van der Waals surface area contributed by atoms with E-state index in [1.807, 2.05) is 25.2 Å². The molecule has 16 heavy (non-hydrogen) atoms. The fourth-order valence-corrected chi connectivity index (χ4v) is 1.32. The lowest BCUT2D eigenvalue weighted by molar-refractivity contribution is -0.116. The van der Waals surface area contributed by atoms with E-state index >= 15 is 0 Å². The first-order valence-corrected chi connectivity index (χ1v) is 5.05. The van der Waals surface area contributed by atoms with Crippen molar-refractivity contribution in [2.75, 3.05) is 14.1 Å². The second-order valence-corrected chi connectivity index (χ2v) is 3.92. The van der Waals surface area contributed by atoms with Crippen molar-refractivity contribution in [1.29, 1.82) is 0 Å². The molecular formula is C12H16N2O2. The number of ketones is 1. The molecule has 1 rings (SSSR count). The van der Waals surface area contributed by atoms with Crippen LogP contribution in [0, 0.1) is 0 Å². The zero-order valence-electron chi connectivity index (χ0n) is 9.78. The molecule has 0 radical (unpaired) electrons. The predicted octanol–water partition coefficient (Wildman–Crippen LogP) is 1.04. The summed E-state index contributed by atoms with van der Waals surface area (Å²) in [7, 11) is 3.78. The minimum atomic E-state index is -0.161. The van der Waals surface area contributed by atoms with Gasteiger partial charge in [-0.1, -0.05) is 6.07 Å². The van der Waals surface area contributed by atoms with Gasteiger partial charge in [0.1, 0.15) is 5.78 Å². The molecule has 86 valence electrons. The third-order valence-electron chi connectivity index (χ3n) is 2.02. The molecule has 0 aromatic carbocycles. The van der Waals surface area contributed by atoms with Gasteiger partial charge >= 0.3 is 0 Å². The van der Waals surface area contributed by atoms with Gasteiger partial charge in [0.15, 0.2) is 0 Å². The van der Waals surface area contributed by atoms with Crippen molar-refractivity contribution in [3.63, 3.8) is 0 Å². The van der Waals surface area contributed by atoms with E-state index in [0.29, 0.717) is 12.1 Å². The van der Waals surface area contributed by atoms with Gasteiger partial charge in [-0.15, -0.1) is 0 Å². The number of hydrogen-bond donors (Lipinski definition) is 1. The molecule has 1 aromatic heterocycles. The van der Waals surface area contributed by atoms with E-state index in [-0.39, 0.29) is 11.3 Å². The second-order valence-electron chi connectivity index (χ2n) is 3.92. The number of aromatic nitrogens is 1. The van der Waals surface area contributed by atoms with E-state index < -0.39 is 0 Å². The zero-order chi connectivity index (χ0) is 12.1. The number of carbonyl (C=O) groups excluding carboxylic acids is 1. The van der Waals surface area contributed by atoms with Crippen LogP contribution in [0.2, 0.25) is 0 Å². The number of aromatic amines is 1. The highest BCUT2D eigenvalue weighted by Gasteiger charge is 2.03. The Morgan fingerprint density at radius 1 is 1.44 bits per heavy atom. The number of H-pyrrole nitrogens is 1. The van der Waals surface area contributed by atoms with Gasteiger partial charge in [0.2, 0.25) is 5.56 Å². The van der Waals surface area contributed by atoms with Crippen LogP contribution in [0.25, 0.3) is 6.08 Å². The minimum Gasteiger partial charge on any atom is -0.383 e. The largest absolute Gasteiger partial charge is 0.383 e. The smallest absolute Gasteiger partial charge is 0.248 e. The number of hydrogen-bond acceptors (Lipinski definition) is 3. The highest BCUT2D eigenvalue weighted by molar-refractivity contribution is 5.79. The Hall–Kier alpha value is -1.84. The zero-order valence-corrected chi connectivity index (χ0v) is 9.78. The maximum Gasteiger partial charge on any atom is 0.248 e. The molecule has 1 heterocycles. The summed E-state index contributed by atoms with van der Waals surface area (Å²) < 4.78 is 0. The highest BCUT2D eigenvalue weighted by atomic mass is 16.1. The van der Waals surface area contributed by atoms with E-state index in [4.69, 9.17) is 0 Å². The molecule has 0 unspecified atom stereocenters. The lowest BCUT2D eigenvalue weighted by Gasteiger charge is -2.06. The standard InChI is InChI=1S/C12H16N2O2/c1-9(15)8-10-4-5-12(16)13-11(10)6-7-14(2)3/h4-7H,8H2,1-3H3,(H,13,16). The molecule has 1 N–H and O–H groups in total. The first kappa shape index (κ1) is 12.2. The average Bonchev–Trinajstić information content (AvgIpc) is 2.17. The van der Waals surface area contributed by atoms with Gasteiger partial charge < -0.3 is 9.88 Å². The van der Waals surface area contributed by atoms with Crippen LogP contribution in [-0.4, -0.2) is 29.8 Å². The summed E-state index contributed by atoms with van der Waals surface area (Å²) in [5.74, 6) is 0.0755. The quantitative estimate of drug-likeness (QED) is 0.824. The number of nitrogens with zero attached hydrogens (tertiary/aromatic N) is 1. The Bertz CT molecular complexity index is 458. The summed E-state index contributed by atoms with van der Waals surface area (Å²) in [6.07, 6.45) is 3.96. The fraction of sp³-hybridized carbons (Fsp3) is 0.333. The molecule has 0 atom stereocenters. The maximum absolute atomic E-state index is 11.2. The van der Waals surface area contributed by atoms with Crippen molar-refractivity contribution in [2.45, 2.75) is 13.3 Å². The first-order chi connectivity index (χ1) is 7.49. The van der Waals surface area contributed by atoms with Crippen LogP contribution in [0.15, 0.2) is 23.1 Å². The normalized spacial score (nSPS) is 10.7. The maximum atomic E-state index is 11.2. The Labute approximate surface area is 94.6 Å². The molecule has 1 aromatic rings. The first-order valence-electron chi connectivity index (χ1n) is 5.05. The van der Waals surface area contributed by atoms with Gasteiger partial charge in [0, 0.05) is 38.5 Å². The molecule has 0 fully saturated rings. The van der Waals surface area contributed by atoms with Crippen molar-refractivity contribution in [3.8, 4) is 0 Å². The monoisotopic (exact) mass is 220 g/mol. The highest BCUT2D eigenvalue weighted by Crippen LogP contribution is 2.07. The van der Waals surface area contributed by atoms with Crippen molar-refractivity contribution in [1.82, 2.24) is 9.88 Å². The summed E-state index contributed by atoms with van der Waals surface area (Å²) in [4.78, 5) is 26.8. The van der Waals surface area contributed by atoms with Gasteiger partial charge in [-0.25, -0.2) is 0 Å². The Morgan fingerprint density at radius 2 is 2.12 bits per heavy atom. The lowest BCUT2D eigenvalue weighted by Crippen LogP contribution is -2.10. The fourth-order valence-electron chi connectivity index (χ4n) is 1.32. The molecule has 4 nitrogen and oxygen atoms in total. The number of carbonyl (C=O) groups is 1. The number of nitrogens with one attached hydrogen (secondary N) is 1. The minimum absolute atomic E-state index is 0.0755. The Kier molecular flexibility index (Phi) is 4.05. The van der Waals surface area contributed by atoms with Gasteiger partial charge in [-0.05, 0) is 18.6 Å². The molecule has 0 aliphatic carbocycles. The summed E-state index contributed by atoms with van der Waals surface area (Å²) in [5, 5.41) is 0. The van der Waals surface area contributed by atoms with Crippen LogP contribution >= 0.6 is 0 Å². The molecule has 0 aliphatic rings. The summed E-state index contributed by atoms with van der Waals surface area (Å²) in [6.45, 7) is 1.53. The molecule has 0 saturated carbocycles. The van der Waals surface area contributed by atoms with Crippen molar-refractivity contribution >= 4 is 11.9 Å². The summed E-state index contributed by atoms with van der Waals surface area (Å²) >= 11 is 0. The average molecular weight is 220 g/mol. The predicted molar refractivity (Wildman–Crippen MR) is 64.2 cm³/mol. The van der Waals surface area contributed by atoms with Gasteiger partial charge in [0.05, 0.1) is 0 Å². The Balaban J connectivity index is 3.07.